The van der Waals surface area contributed by atoms with Crippen LogP contribution in [0.3, 0.4) is 0 Å². The molecule has 31 heavy (non-hydrogen) atoms. The summed E-state index contributed by atoms with van der Waals surface area (Å²) in [6.45, 7) is 6.32. The van der Waals surface area contributed by atoms with E-state index in [1.807, 2.05) is 19.9 Å². The molecule has 0 unspecified atom stereocenters. The number of hydrogen-bond donors (Lipinski definition) is 2. The number of rotatable bonds is 4. The Hall–Kier alpha value is -2.35. The van der Waals surface area contributed by atoms with Crippen molar-refractivity contribution in [3.05, 3.63) is 17.8 Å². The summed E-state index contributed by atoms with van der Waals surface area (Å²) in [5.74, 6) is 1.54. The Labute approximate surface area is 183 Å². The molecule has 3 N–H and O–H groups in total. The maximum atomic E-state index is 13.5. The van der Waals surface area contributed by atoms with Gasteiger partial charge in [-0.05, 0) is 63.0 Å². The number of hydrogen-bond acceptors (Lipinski definition) is 6. The highest BCUT2D eigenvalue weighted by molar-refractivity contribution is 5.86. The monoisotopic (exact) mass is 430 g/mol. The van der Waals surface area contributed by atoms with Crippen molar-refractivity contribution >= 4 is 17.8 Å². The number of amides is 2. The van der Waals surface area contributed by atoms with E-state index in [0.29, 0.717) is 18.0 Å². The van der Waals surface area contributed by atoms with Gasteiger partial charge in [-0.2, -0.15) is 0 Å². The molecule has 0 radical (unpaired) electrons. The van der Waals surface area contributed by atoms with Crippen LogP contribution in [0.25, 0.3) is 0 Å². The number of aliphatic hydroxyl groups is 1. The Balaban J connectivity index is 1.51. The fourth-order valence-corrected chi connectivity index (χ4v) is 5.51. The van der Waals surface area contributed by atoms with Gasteiger partial charge in [-0.25, -0.2) is 9.78 Å². The Kier molecular flexibility index (Phi) is 6.10. The molecule has 8 nitrogen and oxygen atoms in total. The zero-order valence-electron chi connectivity index (χ0n) is 18.5. The Morgan fingerprint density at radius 2 is 1.97 bits per heavy atom. The molecule has 1 saturated carbocycles. The summed E-state index contributed by atoms with van der Waals surface area (Å²) in [6.07, 6.45) is 5.04. The van der Waals surface area contributed by atoms with E-state index in [1.54, 1.807) is 6.07 Å². The van der Waals surface area contributed by atoms with E-state index in [4.69, 9.17) is 15.5 Å². The zero-order chi connectivity index (χ0) is 22.2. The number of aliphatic hydroxyl groups excluding tert-OH is 1. The van der Waals surface area contributed by atoms with E-state index in [0.717, 1.165) is 63.9 Å². The van der Waals surface area contributed by atoms with Crippen LogP contribution in [0.5, 0.6) is 5.75 Å². The molecule has 0 aromatic carbocycles. The van der Waals surface area contributed by atoms with Crippen molar-refractivity contribution in [3.63, 3.8) is 0 Å². The third-order valence-electron chi connectivity index (χ3n) is 7.18. The van der Waals surface area contributed by atoms with Crippen LogP contribution in [0.4, 0.5) is 10.6 Å². The van der Waals surface area contributed by atoms with E-state index in [1.165, 1.54) is 0 Å². The number of likely N-dealkylation sites (tertiary alicyclic amines) is 1. The maximum absolute atomic E-state index is 13.5. The summed E-state index contributed by atoms with van der Waals surface area (Å²) < 4.78 is 5.13. The van der Waals surface area contributed by atoms with Gasteiger partial charge in [0.2, 0.25) is 5.91 Å². The predicted molar refractivity (Wildman–Crippen MR) is 117 cm³/mol. The van der Waals surface area contributed by atoms with Crippen LogP contribution >= 0.6 is 0 Å². The zero-order valence-corrected chi connectivity index (χ0v) is 18.5. The maximum Gasteiger partial charge on any atom is 0.410 e. The lowest BCUT2D eigenvalue weighted by Crippen LogP contribution is -2.50. The van der Waals surface area contributed by atoms with Gasteiger partial charge in [0.05, 0.1) is 17.2 Å². The Morgan fingerprint density at radius 1 is 1.23 bits per heavy atom. The fraction of sp³-hybridized carbons (Fsp3) is 0.696. The van der Waals surface area contributed by atoms with Gasteiger partial charge in [0.25, 0.3) is 0 Å². The number of nitrogens with zero attached hydrogens (tertiary/aromatic N) is 3. The summed E-state index contributed by atoms with van der Waals surface area (Å²) in [4.78, 5) is 33.8. The second-order valence-electron chi connectivity index (χ2n) is 9.64. The number of anilines is 1. The second kappa shape index (κ2) is 8.65. The first-order chi connectivity index (χ1) is 14.8. The Morgan fingerprint density at radius 3 is 2.65 bits per heavy atom. The standard InChI is InChI=1S/C23H34N4O4/c1-15(2)20-18(31-22(24)30)8-9-19(25-20)26-12-3-10-23(14-26)11-13-27(21(23)29)16-4-6-17(28)7-5-16/h8-9,15-17,28H,3-7,10-14H2,1-2H3,(H2,24,30)/t16?,17?,23-/m1/s1. The molecule has 1 atom stereocenters. The van der Waals surface area contributed by atoms with Gasteiger partial charge in [-0.15, -0.1) is 0 Å². The molecular weight excluding hydrogens is 396 g/mol. The van der Waals surface area contributed by atoms with Crippen LogP contribution in [0, 0.1) is 5.41 Å². The van der Waals surface area contributed by atoms with Gasteiger partial charge < -0.3 is 25.4 Å². The lowest BCUT2D eigenvalue weighted by Gasteiger charge is -2.41. The molecule has 8 heteroatoms. The minimum atomic E-state index is -0.847. The molecule has 4 rings (SSSR count). The number of carbonyl (C=O) groups is 2. The lowest BCUT2D eigenvalue weighted by atomic mass is 9.78. The highest BCUT2D eigenvalue weighted by atomic mass is 16.5. The predicted octanol–water partition coefficient (Wildman–Crippen LogP) is 2.78. The largest absolute Gasteiger partial charge is 0.410 e. The van der Waals surface area contributed by atoms with E-state index < -0.39 is 6.09 Å². The van der Waals surface area contributed by atoms with E-state index >= 15 is 0 Å². The second-order valence-corrected chi connectivity index (χ2v) is 9.64. The summed E-state index contributed by atoms with van der Waals surface area (Å²) in [7, 11) is 0. The molecule has 3 fully saturated rings. The van der Waals surface area contributed by atoms with Gasteiger partial charge >= 0.3 is 6.09 Å². The molecule has 0 bridgehead atoms. The number of piperidine rings is 1. The topological polar surface area (TPSA) is 109 Å². The average Bonchev–Trinajstić information content (AvgIpc) is 3.04. The number of carbonyl (C=O) groups excluding carboxylic acids is 2. The third-order valence-corrected chi connectivity index (χ3v) is 7.18. The van der Waals surface area contributed by atoms with Crippen LogP contribution in [0.2, 0.25) is 0 Å². The van der Waals surface area contributed by atoms with Gasteiger partial charge in [-0.1, -0.05) is 13.8 Å². The first kappa shape index (κ1) is 21.9. The number of primary amides is 1. The van der Waals surface area contributed by atoms with Crippen LogP contribution in [-0.4, -0.2) is 58.8 Å². The molecule has 2 saturated heterocycles. The van der Waals surface area contributed by atoms with E-state index in [9.17, 15) is 14.7 Å². The first-order valence-electron chi connectivity index (χ1n) is 11.5. The van der Waals surface area contributed by atoms with Crippen molar-refractivity contribution in [2.24, 2.45) is 11.1 Å². The first-order valence-corrected chi connectivity index (χ1v) is 11.5. The van der Waals surface area contributed by atoms with Crippen molar-refractivity contribution in [2.75, 3.05) is 24.5 Å². The molecule has 170 valence electrons. The molecule has 1 spiro atoms. The normalized spacial score (nSPS) is 29.1. The van der Waals surface area contributed by atoms with E-state index in [2.05, 4.69) is 9.80 Å². The number of nitrogens with two attached hydrogens (primary N) is 1. The number of ether oxygens (including phenoxy) is 1. The van der Waals surface area contributed by atoms with Gasteiger partial charge in [0.1, 0.15) is 5.82 Å². The van der Waals surface area contributed by atoms with Gasteiger partial charge in [0.15, 0.2) is 5.75 Å². The quantitative estimate of drug-likeness (QED) is 0.760. The molecule has 2 amide bonds. The van der Waals surface area contributed by atoms with Crippen LogP contribution in [-0.2, 0) is 4.79 Å². The summed E-state index contributed by atoms with van der Waals surface area (Å²) in [5, 5.41) is 9.82. The summed E-state index contributed by atoms with van der Waals surface area (Å²) in [5.41, 5.74) is 5.53. The van der Waals surface area contributed by atoms with Crippen molar-refractivity contribution < 1.29 is 19.4 Å². The molecule has 1 aromatic rings. The SMILES string of the molecule is CC(C)c1nc(N2CCC[C@@]3(CCN(C4CCC(O)CC4)C3=O)C2)ccc1OC(N)=O. The highest BCUT2D eigenvalue weighted by Crippen LogP contribution is 2.43. The lowest BCUT2D eigenvalue weighted by molar-refractivity contribution is -0.139. The molecule has 2 aliphatic heterocycles. The van der Waals surface area contributed by atoms with Crippen LogP contribution in [0.1, 0.15) is 70.4 Å². The van der Waals surface area contributed by atoms with E-state index in [-0.39, 0.29) is 29.4 Å². The fourth-order valence-electron chi connectivity index (χ4n) is 5.51. The van der Waals surface area contributed by atoms with Crippen LogP contribution in [0.15, 0.2) is 12.1 Å². The van der Waals surface area contributed by atoms with Crippen molar-refractivity contribution in [3.8, 4) is 5.75 Å². The van der Waals surface area contributed by atoms with Crippen molar-refractivity contribution in [1.82, 2.24) is 9.88 Å². The minimum Gasteiger partial charge on any atom is -0.409 e. The van der Waals surface area contributed by atoms with Crippen LogP contribution < -0.4 is 15.4 Å². The smallest absolute Gasteiger partial charge is 0.409 e. The number of aromatic nitrogens is 1. The highest BCUT2D eigenvalue weighted by Gasteiger charge is 2.50. The summed E-state index contributed by atoms with van der Waals surface area (Å²) in [6, 6.07) is 3.87. The molecule has 3 aliphatic rings. The summed E-state index contributed by atoms with van der Waals surface area (Å²) >= 11 is 0. The minimum absolute atomic E-state index is 0.0679. The molecule has 3 heterocycles. The molecular formula is C23H34N4O4. The molecule has 1 aromatic heterocycles. The molecule has 1 aliphatic carbocycles. The van der Waals surface area contributed by atoms with Crippen molar-refractivity contribution in [1.29, 1.82) is 0 Å². The number of pyridine rings is 1. The third kappa shape index (κ3) is 4.35. The average molecular weight is 431 g/mol. The van der Waals surface area contributed by atoms with Crippen molar-refractivity contribution in [2.45, 2.75) is 76.9 Å². The Bertz CT molecular complexity index is 837. The van der Waals surface area contributed by atoms with Gasteiger partial charge in [-0.3, -0.25) is 4.79 Å². The van der Waals surface area contributed by atoms with Gasteiger partial charge in [0, 0.05) is 25.7 Å².